The average Bonchev–Trinajstić information content (AvgIpc) is 3.94. The van der Waals surface area contributed by atoms with Crippen LogP contribution in [0.5, 0.6) is 0 Å². The molecular formula is C52H32N4O. The smallest absolute Gasteiger partial charge is 0.238 e. The summed E-state index contributed by atoms with van der Waals surface area (Å²) in [4.78, 5) is 16.7. The lowest BCUT2D eigenvalue weighted by Crippen LogP contribution is -2.32. The van der Waals surface area contributed by atoms with Gasteiger partial charge in [0.05, 0.1) is 16.6 Å². The zero-order valence-corrected chi connectivity index (χ0v) is 30.7. The van der Waals surface area contributed by atoms with Crippen LogP contribution < -0.4 is 0 Å². The van der Waals surface area contributed by atoms with Gasteiger partial charge in [-0.25, -0.2) is 4.98 Å². The third kappa shape index (κ3) is 4.48. The van der Waals surface area contributed by atoms with Crippen LogP contribution in [0.3, 0.4) is 0 Å². The van der Waals surface area contributed by atoms with Crippen molar-refractivity contribution in [2.24, 2.45) is 0 Å². The number of benzene rings is 8. The first kappa shape index (κ1) is 31.7. The summed E-state index contributed by atoms with van der Waals surface area (Å²) >= 11 is 0. The number of hydrogen-bond donors (Lipinski definition) is 0. The first-order valence-electron chi connectivity index (χ1n) is 19.3. The van der Waals surface area contributed by atoms with E-state index in [-0.39, 0.29) is 0 Å². The van der Waals surface area contributed by atoms with Gasteiger partial charge in [-0.05, 0) is 63.2 Å². The molecule has 57 heavy (non-hydrogen) atoms. The molecule has 3 heterocycles. The standard InChI is InChI=1S/C52H32N4O/c1-3-17-33(18-4-1)35-25-16-31-45-47(35)40-24-9-13-30-44(40)56(45)51-54-49(41-27-15-26-39-38-23-10-14-32-46(38)57-48(39)41)53-50(55-51)52(34-19-5-2-6-20-34)42-28-11-7-21-36(42)37-22-8-12-29-43(37)52/h1-32H. The highest BCUT2D eigenvalue weighted by Gasteiger charge is 2.49. The van der Waals surface area contributed by atoms with Gasteiger partial charge in [-0.2, -0.15) is 9.97 Å². The van der Waals surface area contributed by atoms with Crippen molar-refractivity contribution >= 4 is 43.7 Å². The van der Waals surface area contributed by atoms with Crippen LogP contribution in [0.4, 0.5) is 0 Å². The van der Waals surface area contributed by atoms with Crippen molar-refractivity contribution in [3.05, 3.63) is 217 Å². The van der Waals surface area contributed by atoms with Crippen LogP contribution in [-0.4, -0.2) is 19.5 Å². The summed E-state index contributed by atoms with van der Waals surface area (Å²) in [6.45, 7) is 0. The second-order valence-electron chi connectivity index (χ2n) is 14.7. The van der Waals surface area contributed by atoms with E-state index in [4.69, 9.17) is 19.4 Å². The van der Waals surface area contributed by atoms with Gasteiger partial charge in [-0.15, -0.1) is 0 Å². The van der Waals surface area contributed by atoms with E-state index in [1.54, 1.807) is 0 Å². The fraction of sp³-hybridized carbons (Fsp3) is 0.0192. The molecule has 0 radical (unpaired) electrons. The molecule has 3 aromatic heterocycles. The number of para-hydroxylation sites is 3. The van der Waals surface area contributed by atoms with E-state index in [1.165, 1.54) is 11.1 Å². The van der Waals surface area contributed by atoms with Crippen LogP contribution in [0, 0.1) is 0 Å². The van der Waals surface area contributed by atoms with Crippen molar-refractivity contribution in [2.45, 2.75) is 5.41 Å². The van der Waals surface area contributed by atoms with Crippen molar-refractivity contribution < 1.29 is 4.42 Å². The molecule has 0 aliphatic heterocycles. The number of furan rings is 1. The summed E-state index contributed by atoms with van der Waals surface area (Å²) in [7, 11) is 0. The van der Waals surface area contributed by atoms with Crippen molar-refractivity contribution in [3.63, 3.8) is 0 Å². The monoisotopic (exact) mass is 728 g/mol. The molecule has 0 bridgehead atoms. The van der Waals surface area contributed by atoms with Crippen molar-refractivity contribution in [2.75, 3.05) is 0 Å². The third-order valence-corrected chi connectivity index (χ3v) is 11.7. The third-order valence-electron chi connectivity index (χ3n) is 11.7. The molecule has 0 saturated heterocycles. The normalized spacial score (nSPS) is 13.1. The van der Waals surface area contributed by atoms with E-state index in [0.717, 1.165) is 77.1 Å². The molecule has 0 fully saturated rings. The quantitative estimate of drug-likeness (QED) is 0.177. The van der Waals surface area contributed by atoms with Crippen molar-refractivity contribution in [3.8, 4) is 39.6 Å². The second-order valence-corrected chi connectivity index (χ2v) is 14.7. The van der Waals surface area contributed by atoms with E-state index in [0.29, 0.717) is 17.6 Å². The van der Waals surface area contributed by atoms with Crippen LogP contribution in [0.25, 0.3) is 83.3 Å². The molecule has 0 atom stereocenters. The minimum atomic E-state index is -0.851. The van der Waals surface area contributed by atoms with Crippen molar-refractivity contribution in [1.29, 1.82) is 0 Å². The van der Waals surface area contributed by atoms with Gasteiger partial charge in [0.25, 0.3) is 0 Å². The van der Waals surface area contributed by atoms with E-state index in [9.17, 15) is 0 Å². The van der Waals surface area contributed by atoms with Gasteiger partial charge in [-0.1, -0.05) is 170 Å². The zero-order chi connectivity index (χ0) is 37.5. The summed E-state index contributed by atoms with van der Waals surface area (Å²) < 4.78 is 8.87. The van der Waals surface area contributed by atoms with E-state index in [2.05, 4.69) is 180 Å². The minimum Gasteiger partial charge on any atom is -0.455 e. The second kappa shape index (κ2) is 12.2. The molecule has 0 spiro atoms. The predicted molar refractivity (Wildman–Crippen MR) is 230 cm³/mol. The fourth-order valence-corrected chi connectivity index (χ4v) is 9.37. The summed E-state index contributed by atoms with van der Waals surface area (Å²) in [5, 5.41) is 4.35. The van der Waals surface area contributed by atoms with E-state index < -0.39 is 5.41 Å². The Kier molecular flexibility index (Phi) is 6.78. The molecule has 1 aliphatic rings. The molecule has 5 heteroatoms. The highest BCUT2D eigenvalue weighted by atomic mass is 16.3. The molecule has 5 nitrogen and oxygen atoms in total. The van der Waals surface area contributed by atoms with Gasteiger partial charge in [0, 0.05) is 21.5 Å². The Morgan fingerprint density at radius 1 is 0.421 bits per heavy atom. The van der Waals surface area contributed by atoms with Gasteiger partial charge >= 0.3 is 0 Å². The molecule has 11 aromatic rings. The summed E-state index contributed by atoms with van der Waals surface area (Å²) in [6, 6.07) is 68.2. The maximum atomic E-state index is 6.65. The molecule has 0 unspecified atom stereocenters. The van der Waals surface area contributed by atoms with Crippen LogP contribution >= 0.6 is 0 Å². The summed E-state index contributed by atoms with van der Waals surface area (Å²) in [5.41, 5.74) is 11.6. The molecule has 0 amide bonds. The van der Waals surface area contributed by atoms with E-state index >= 15 is 0 Å². The Balaban J connectivity index is 1.24. The topological polar surface area (TPSA) is 56.7 Å². The van der Waals surface area contributed by atoms with Gasteiger partial charge in [0.15, 0.2) is 11.6 Å². The Morgan fingerprint density at radius 2 is 1.00 bits per heavy atom. The number of hydrogen-bond acceptors (Lipinski definition) is 4. The Labute approximate surface area is 328 Å². The molecule has 12 rings (SSSR count). The number of fused-ring (bicyclic) bond motifs is 9. The largest absolute Gasteiger partial charge is 0.455 e. The lowest BCUT2D eigenvalue weighted by molar-refractivity contribution is 0.666. The van der Waals surface area contributed by atoms with Gasteiger partial charge in [-0.3, -0.25) is 4.57 Å². The maximum Gasteiger partial charge on any atom is 0.238 e. The van der Waals surface area contributed by atoms with Gasteiger partial charge in [0.1, 0.15) is 16.6 Å². The number of nitrogens with zero attached hydrogens (tertiary/aromatic N) is 4. The number of aromatic nitrogens is 4. The average molecular weight is 729 g/mol. The Bertz CT molecular complexity index is 3320. The highest BCUT2D eigenvalue weighted by Crippen LogP contribution is 2.55. The molecule has 0 N–H and O–H groups in total. The Morgan fingerprint density at radius 3 is 1.79 bits per heavy atom. The Hall–Kier alpha value is -7.63. The summed E-state index contributed by atoms with van der Waals surface area (Å²) in [5.74, 6) is 1.73. The number of rotatable bonds is 5. The van der Waals surface area contributed by atoms with Crippen LogP contribution in [-0.2, 0) is 5.41 Å². The lowest BCUT2D eigenvalue weighted by Gasteiger charge is -2.32. The molecule has 8 aromatic carbocycles. The summed E-state index contributed by atoms with van der Waals surface area (Å²) in [6.07, 6.45) is 0. The first-order chi connectivity index (χ1) is 28.3. The zero-order valence-electron chi connectivity index (χ0n) is 30.7. The predicted octanol–water partition coefficient (Wildman–Crippen LogP) is 12.6. The van der Waals surface area contributed by atoms with E-state index in [1.807, 2.05) is 18.2 Å². The molecule has 266 valence electrons. The maximum absolute atomic E-state index is 6.65. The fourth-order valence-electron chi connectivity index (χ4n) is 9.37. The minimum absolute atomic E-state index is 0.539. The van der Waals surface area contributed by atoms with Gasteiger partial charge in [0.2, 0.25) is 5.95 Å². The first-order valence-corrected chi connectivity index (χ1v) is 19.3. The lowest BCUT2D eigenvalue weighted by atomic mass is 9.71. The van der Waals surface area contributed by atoms with Crippen LogP contribution in [0.2, 0.25) is 0 Å². The van der Waals surface area contributed by atoms with Crippen LogP contribution in [0.15, 0.2) is 199 Å². The van der Waals surface area contributed by atoms with Crippen LogP contribution in [0.1, 0.15) is 22.5 Å². The molecule has 1 aliphatic carbocycles. The molecular weight excluding hydrogens is 697 g/mol. The molecule has 0 saturated carbocycles. The highest BCUT2D eigenvalue weighted by molar-refractivity contribution is 6.15. The SMILES string of the molecule is c1ccc(-c2cccc3c2c2ccccc2n3-c2nc(-c3cccc4c3oc3ccccc34)nc(C3(c4ccccc4)c4ccccc4-c4ccccc43)n2)cc1. The van der Waals surface area contributed by atoms with Gasteiger partial charge < -0.3 is 4.42 Å². The van der Waals surface area contributed by atoms with Crippen molar-refractivity contribution in [1.82, 2.24) is 19.5 Å².